The fraction of sp³-hybridized carbons (Fsp3) is 0.500. The van der Waals surface area contributed by atoms with Crippen molar-refractivity contribution in [3.8, 4) is 0 Å². The predicted molar refractivity (Wildman–Crippen MR) is 93.2 cm³/mol. The van der Waals surface area contributed by atoms with Crippen LogP contribution in [0.2, 0.25) is 0 Å². The molecule has 2 fully saturated rings. The molecule has 1 aliphatic carbocycles. The third-order valence-corrected chi connectivity index (χ3v) is 6.37. The normalized spacial score (nSPS) is 25.7. The molecule has 1 aromatic carbocycles. The number of benzene rings is 1. The Labute approximate surface area is 145 Å². The molecule has 2 aliphatic rings. The van der Waals surface area contributed by atoms with Crippen LogP contribution in [0.5, 0.6) is 0 Å². The summed E-state index contributed by atoms with van der Waals surface area (Å²) in [5.41, 5.74) is 0.907. The van der Waals surface area contributed by atoms with Crippen molar-refractivity contribution in [3.63, 3.8) is 0 Å². The van der Waals surface area contributed by atoms with Crippen LogP contribution < -0.4 is 4.90 Å². The van der Waals surface area contributed by atoms with Crippen molar-refractivity contribution in [3.05, 3.63) is 40.9 Å². The second-order valence-corrected chi connectivity index (χ2v) is 7.80. The lowest BCUT2D eigenvalue weighted by atomic mass is 9.81. The molecule has 1 saturated heterocycles. The molecule has 0 N–H and O–H groups in total. The molecule has 4 rings (SSSR count). The second-order valence-electron chi connectivity index (χ2n) is 6.76. The number of aromatic nitrogens is 2. The Kier molecular flexibility index (Phi) is 4.00. The molecular weight excluding hydrogens is 322 g/mol. The van der Waals surface area contributed by atoms with E-state index in [2.05, 4.69) is 27.2 Å². The maximum Gasteiger partial charge on any atom is 0.313 e. The molecule has 6 heteroatoms. The zero-order chi connectivity index (χ0) is 16.6. The molecule has 0 radical (unpaired) electrons. The number of hydrogen-bond donors (Lipinski definition) is 0. The predicted octanol–water partition coefficient (Wildman–Crippen LogP) is 2.91. The van der Waals surface area contributed by atoms with Gasteiger partial charge in [0.05, 0.1) is 12.5 Å². The summed E-state index contributed by atoms with van der Waals surface area (Å²) in [6.45, 7) is 1.60. The van der Waals surface area contributed by atoms with Gasteiger partial charge in [0.25, 0.3) is 0 Å². The van der Waals surface area contributed by atoms with Gasteiger partial charge in [0, 0.05) is 19.5 Å². The standard InChI is InChI=1S/C18H21N3O2S/c1-23-16(22)18-9-5-8-14(18)11-21(12-18)17-20-19-15(24-17)10-13-6-3-2-4-7-13/h2-4,6-7,14H,5,8-12H2,1H3. The van der Waals surface area contributed by atoms with E-state index < -0.39 is 0 Å². The van der Waals surface area contributed by atoms with E-state index in [1.807, 2.05) is 18.2 Å². The Hall–Kier alpha value is -1.95. The molecule has 0 bridgehead atoms. The summed E-state index contributed by atoms with van der Waals surface area (Å²) < 4.78 is 5.11. The summed E-state index contributed by atoms with van der Waals surface area (Å²) in [6, 6.07) is 10.3. The highest BCUT2D eigenvalue weighted by Crippen LogP contribution is 2.50. The maximum absolute atomic E-state index is 12.4. The Morgan fingerprint density at radius 1 is 1.38 bits per heavy atom. The lowest BCUT2D eigenvalue weighted by Gasteiger charge is -2.25. The summed E-state index contributed by atoms with van der Waals surface area (Å²) in [6.07, 6.45) is 3.94. The summed E-state index contributed by atoms with van der Waals surface area (Å²) in [5, 5.41) is 10.7. The van der Waals surface area contributed by atoms with Gasteiger partial charge in [0.1, 0.15) is 5.01 Å². The minimum absolute atomic E-state index is 0.0541. The number of rotatable bonds is 4. The number of anilines is 1. The third-order valence-electron chi connectivity index (χ3n) is 5.39. The van der Waals surface area contributed by atoms with Crippen LogP contribution in [0.15, 0.2) is 30.3 Å². The number of methoxy groups -OCH3 is 1. The van der Waals surface area contributed by atoms with Gasteiger partial charge in [0.15, 0.2) is 0 Å². The van der Waals surface area contributed by atoms with Crippen molar-refractivity contribution in [1.82, 2.24) is 10.2 Å². The highest BCUT2D eigenvalue weighted by atomic mass is 32.1. The van der Waals surface area contributed by atoms with Gasteiger partial charge >= 0.3 is 5.97 Å². The quantitative estimate of drug-likeness (QED) is 0.799. The lowest BCUT2D eigenvalue weighted by Crippen LogP contribution is -2.36. The van der Waals surface area contributed by atoms with Gasteiger partial charge < -0.3 is 9.64 Å². The number of esters is 1. The Bertz CT molecular complexity index is 733. The smallest absolute Gasteiger partial charge is 0.313 e. The summed E-state index contributed by atoms with van der Waals surface area (Å²) >= 11 is 1.63. The van der Waals surface area contributed by atoms with Gasteiger partial charge in [-0.05, 0) is 24.3 Å². The van der Waals surface area contributed by atoms with Crippen LogP contribution in [-0.2, 0) is 16.0 Å². The fourth-order valence-corrected chi connectivity index (χ4v) is 5.07. The van der Waals surface area contributed by atoms with Crippen LogP contribution in [0.4, 0.5) is 5.13 Å². The average Bonchev–Trinajstić information content (AvgIpc) is 3.28. The van der Waals surface area contributed by atoms with E-state index in [0.29, 0.717) is 12.5 Å². The molecule has 126 valence electrons. The number of carbonyl (C=O) groups is 1. The van der Waals surface area contributed by atoms with Crippen molar-refractivity contribution in [2.75, 3.05) is 25.1 Å². The molecule has 2 aromatic rings. The van der Waals surface area contributed by atoms with Crippen LogP contribution in [0, 0.1) is 11.3 Å². The van der Waals surface area contributed by atoms with Crippen LogP contribution >= 0.6 is 11.3 Å². The van der Waals surface area contributed by atoms with Gasteiger partial charge in [-0.3, -0.25) is 4.79 Å². The summed E-state index contributed by atoms with van der Waals surface area (Å²) in [7, 11) is 1.50. The van der Waals surface area contributed by atoms with Crippen molar-refractivity contribution in [1.29, 1.82) is 0 Å². The van der Waals surface area contributed by atoms with E-state index in [0.717, 1.165) is 42.4 Å². The van der Waals surface area contributed by atoms with Crippen molar-refractivity contribution >= 4 is 22.4 Å². The zero-order valence-corrected chi connectivity index (χ0v) is 14.6. The summed E-state index contributed by atoms with van der Waals surface area (Å²) in [4.78, 5) is 14.6. The summed E-state index contributed by atoms with van der Waals surface area (Å²) in [5.74, 6) is 0.327. The molecule has 1 saturated carbocycles. The SMILES string of the molecule is COC(=O)C12CCCC1CN(c1nnc(Cc3ccccc3)s1)C2. The van der Waals surface area contributed by atoms with E-state index >= 15 is 0 Å². The number of nitrogens with zero attached hydrogens (tertiary/aromatic N) is 3. The number of hydrogen-bond acceptors (Lipinski definition) is 6. The van der Waals surface area contributed by atoms with Gasteiger partial charge in [0.2, 0.25) is 5.13 Å². The van der Waals surface area contributed by atoms with E-state index in [1.54, 1.807) is 11.3 Å². The third kappa shape index (κ3) is 2.59. The highest BCUT2D eigenvalue weighted by Gasteiger charge is 2.56. The van der Waals surface area contributed by atoms with Crippen LogP contribution in [-0.4, -0.2) is 36.4 Å². The van der Waals surface area contributed by atoms with E-state index in [4.69, 9.17) is 4.74 Å². The van der Waals surface area contributed by atoms with Crippen LogP contribution in [0.1, 0.15) is 29.8 Å². The molecule has 5 nitrogen and oxygen atoms in total. The Morgan fingerprint density at radius 2 is 2.21 bits per heavy atom. The number of carbonyl (C=O) groups excluding carboxylic acids is 1. The lowest BCUT2D eigenvalue weighted by molar-refractivity contribution is -0.152. The second kappa shape index (κ2) is 6.16. The average molecular weight is 343 g/mol. The van der Waals surface area contributed by atoms with Gasteiger partial charge in [-0.1, -0.05) is 48.1 Å². The van der Waals surface area contributed by atoms with E-state index in [-0.39, 0.29) is 11.4 Å². The molecular formula is C18H21N3O2S. The maximum atomic E-state index is 12.4. The number of ether oxygens (including phenoxy) is 1. The zero-order valence-electron chi connectivity index (χ0n) is 13.8. The molecule has 1 aromatic heterocycles. The molecule has 0 spiro atoms. The first-order valence-corrected chi connectivity index (χ1v) is 9.22. The first-order valence-electron chi connectivity index (χ1n) is 8.41. The molecule has 1 aliphatic heterocycles. The van der Waals surface area contributed by atoms with Crippen molar-refractivity contribution < 1.29 is 9.53 Å². The first-order chi connectivity index (χ1) is 11.7. The minimum Gasteiger partial charge on any atom is -0.469 e. The largest absolute Gasteiger partial charge is 0.469 e. The molecule has 24 heavy (non-hydrogen) atoms. The Balaban J connectivity index is 1.51. The molecule has 2 unspecified atom stereocenters. The van der Waals surface area contributed by atoms with Crippen LogP contribution in [0.3, 0.4) is 0 Å². The minimum atomic E-state index is -0.333. The molecule has 0 amide bonds. The first kappa shape index (κ1) is 15.6. The highest BCUT2D eigenvalue weighted by molar-refractivity contribution is 7.15. The fourth-order valence-electron chi connectivity index (χ4n) is 4.19. The van der Waals surface area contributed by atoms with Crippen LogP contribution in [0.25, 0.3) is 0 Å². The Morgan fingerprint density at radius 3 is 3.00 bits per heavy atom. The van der Waals surface area contributed by atoms with E-state index in [9.17, 15) is 4.79 Å². The molecule has 2 heterocycles. The van der Waals surface area contributed by atoms with Gasteiger partial charge in [-0.15, -0.1) is 10.2 Å². The monoisotopic (exact) mass is 343 g/mol. The topological polar surface area (TPSA) is 55.3 Å². The van der Waals surface area contributed by atoms with Gasteiger partial charge in [-0.25, -0.2) is 0 Å². The van der Waals surface area contributed by atoms with E-state index in [1.165, 1.54) is 12.7 Å². The van der Waals surface area contributed by atoms with Gasteiger partial charge in [-0.2, -0.15) is 0 Å². The van der Waals surface area contributed by atoms with Crippen molar-refractivity contribution in [2.24, 2.45) is 11.3 Å². The molecule has 2 atom stereocenters. The van der Waals surface area contributed by atoms with Crippen molar-refractivity contribution in [2.45, 2.75) is 25.7 Å². The number of fused-ring (bicyclic) bond motifs is 1.